The first kappa shape index (κ1) is 22.5. The first-order valence-corrected chi connectivity index (χ1v) is 12.5. The van der Waals surface area contributed by atoms with Crippen molar-refractivity contribution in [1.29, 1.82) is 0 Å². The van der Waals surface area contributed by atoms with Crippen molar-refractivity contribution in [2.24, 2.45) is 41.5 Å². The minimum Gasteiger partial charge on any atom is -0.454 e. The fourth-order valence-electron chi connectivity index (χ4n) is 7.87. The molecule has 1 aromatic heterocycles. The smallest absolute Gasteiger partial charge is 0.296 e. The van der Waals surface area contributed by atoms with Crippen LogP contribution in [0.4, 0.5) is 0 Å². The number of imidazole rings is 1. The van der Waals surface area contributed by atoms with Crippen molar-refractivity contribution >= 4 is 5.78 Å². The number of hydrogen-bond donors (Lipinski definition) is 1. The Labute approximate surface area is 201 Å². The summed E-state index contributed by atoms with van der Waals surface area (Å²) < 4.78 is 20.8. The zero-order valence-electron chi connectivity index (χ0n) is 21.2. The Hall–Kier alpha value is -1.96. The topological polar surface area (TPSA) is 82.8 Å². The lowest BCUT2D eigenvalue weighted by molar-refractivity contribution is -0.301. The molecule has 184 valence electrons. The van der Waals surface area contributed by atoms with Crippen LogP contribution < -0.4 is 4.74 Å². The third kappa shape index (κ3) is 2.58. The minimum atomic E-state index is -1.62. The number of carbonyl (C=O) groups is 1. The monoisotopic (exact) mass is 468 g/mol. The van der Waals surface area contributed by atoms with Gasteiger partial charge < -0.3 is 23.9 Å². The number of aromatic nitrogens is 2. The number of rotatable bonds is 2. The first-order valence-electron chi connectivity index (χ1n) is 12.5. The van der Waals surface area contributed by atoms with Crippen LogP contribution in [-0.2, 0) is 21.3 Å². The molecule has 7 nitrogen and oxygen atoms in total. The highest BCUT2D eigenvalue weighted by atomic mass is 16.7. The van der Waals surface area contributed by atoms with Gasteiger partial charge in [-0.05, 0) is 61.5 Å². The van der Waals surface area contributed by atoms with Crippen LogP contribution in [0.1, 0.15) is 48.0 Å². The average Bonchev–Trinajstić information content (AvgIpc) is 3.01. The number of ether oxygens (including phenoxy) is 3. The summed E-state index contributed by atoms with van der Waals surface area (Å²) in [7, 11) is 1.85. The average molecular weight is 469 g/mol. The zero-order chi connectivity index (χ0) is 24.4. The molecule has 1 aromatic rings. The van der Waals surface area contributed by atoms with E-state index in [1.807, 2.05) is 33.9 Å². The molecule has 1 saturated heterocycles. The Morgan fingerprint density at radius 1 is 1.26 bits per heavy atom. The lowest BCUT2D eigenvalue weighted by Crippen LogP contribution is -2.68. The molecule has 0 amide bonds. The SMILES string of the molecule is CC1=C[C@]23C(=O)[C@@H](C=C4COC(C)(C)O[C@H]4[C@]2(O)[C@H]1Oc1nccn1C)C1[C@@H](C[C@H]3C)C1(C)C. The quantitative estimate of drug-likeness (QED) is 0.670. The summed E-state index contributed by atoms with van der Waals surface area (Å²) >= 11 is 0. The zero-order valence-corrected chi connectivity index (χ0v) is 21.2. The van der Waals surface area contributed by atoms with Gasteiger partial charge >= 0.3 is 0 Å². The molecule has 0 radical (unpaired) electrons. The molecule has 7 heteroatoms. The fourth-order valence-corrected chi connectivity index (χ4v) is 7.87. The van der Waals surface area contributed by atoms with Gasteiger partial charge in [-0.15, -0.1) is 0 Å². The van der Waals surface area contributed by atoms with Crippen LogP contribution in [0, 0.1) is 34.5 Å². The fraction of sp³-hybridized carbons (Fsp3) is 0.704. The molecule has 5 aliphatic rings. The van der Waals surface area contributed by atoms with Gasteiger partial charge in [0.15, 0.2) is 23.3 Å². The first-order chi connectivity index (χ1) is 15.8. The van der Waals surface area contributed by atoms with Gasteiger partial charge in [0, 0.05) is 25.4 Å². The van der Waals surface area contributed by atoms with E-state index in [2.05, 4.69) is 31.8 Å². The number of allylic oxidation sites excluding steroid dienone is 1. The summed E-state index contributed by atoms with van der Waals surface area (Å²) in [6, 6.07) is 0.401. The number of carbonyl (C=O) groups excluding carboxylic acids is 1. The highest BCUT2D eigenvalue weighted by Crippen LogP contribution is 2.72. The van der Waals surface area contributed by atoms with E-state index in [4.69, 9.17) is 14.2 Å². The molecule has 6 rings (SSSR count). The highest BCUT2D eigenvalue weighted by molar-refractivity contribution is 5.95. The van der Waals surface area contributed by atoms with E-state index in [9.17, 15) is 9.90 Å². The van der Waals surface area contributed by atoms with Crippen molar-refractivity contribution in [3.05, 3.63) is 35.7 Å². The number of aliphatic hydroxyl groups is 1. The molecule has 2 bridgehead atoms. The van der Waals surface area contributed by atoms with E-state index in [0.29, 0.717) is 18.5 Å². The molecule has 2 saturated carbocycles. The van der Waals surface area contributed by atoms with E-state index < -0.39 is 29.0 Å². The van der Waals surface area contributed by atoms with Gasteiger partial charge in [0.1, 0.15) is 6.10 Å². The second kappa shape index (κ2) is 6.62. The molecule has 8 atom stereocenters. The van der Waals surface area contributed by atoms with Crippen molar-refractivity contribution in [3.63, 3.8) is 0 Å². The molecule has 0 aromatic carbocycles. The van der Waals surface area contributed by atoms with Crippen LogP contribution in [0.2, 0.25) is 0 Å². The summed E-state index contributed by atoms with van der Waals surface area (Å²) in [6.45, 7) is 12.7. The van der Waals surface area contributed by atoms with Gasteiger partial charge in [0.2, 0.25) is 0 Å². The van der Waals surface area contributed by atoms with Gasteiger partial charge in [0.25, 0.3) is 6.01 Å². The summed E-state index contributed by atoms with van der Waals surface area (Å²) in [5, 5.41) is 13.0. The highest BCUT2D eigenvalue weighted by Gasteiger charge is 2.77. The van der Waals surface area contributed by atoms with E-state index >= 15 is 0 Å². The Kier molecular flexibility index (Phi) is 4.38. The van der Waals surface area contributed by atoms with E-state index in [1.54, 1.807) is 17.0 Å². The van der Waals surface area contributed by atoms with Crippen LogP contribution in [0.15, 0.2) is 35.7 Å². The van der Waals surface area contributed by atoms with Gasteiger partial charge in [-0.1, -0.05) is 32.9 Å². The Morgan fingerprint density at radius 3 is 2.68 bits per heavy atom. The maximum absolute atomic E-state index is 14.6. The van der Waals surface area contributed by atoms with E-state index in [0.717, 1.165) is 17.6 Å². The molecular formula is C27H36N2O5. The molecule has 34 heavy (non-hydrogen) atoms. The van der Waals surface area contributed by atoms with Crippen molar-refractivity contribution in [2.75, 3.05) is 6.61 Å². The molecular weight excluding hydrogens is 432 g/mol. The molecule has 1 unspecified atom stereocenters. The third-order valence-corrected chi connectivity index (χ3v) is 9.67. The number of Topliss-reactive ketones (excluding diaryl/α,β-unsaturated/α-hetero) is 1. The summed E-state index contributed by atoms with van der Waals surface area (Å²) in [6.07, 6.45) is 6.94. The van der Waals surface area contributed by atoms with Crippen LogP contribution in [0.5, 0.6) is 6.01 Å². The van der Waals surface area contributed by atoms with Gasteiger partial charge in [-0.2, -0.15) is 0 Å². The Balaban J connectivity index is 1.57. The maximum atomic E-state index is 14.6. The van der Waals surface area contributed by atoms with Crippen LogP contribution >= 0.6 is 0 Å². The van der Waals surface area contributed by atoms with Crippen LogP contribution in [0.25, 0.3) is 0 Å². The summed E-state index contributed by atoms with van der Waals surface area (Å²) in [5.74, 6) is -0.452. The van der Waals surface area contributed by atoms with Crippen molar-refractivity contribution < 1.29 is 24.1 Å². The van der Waals surface area contributed by atoms with Crippen LogP contribution in [-0.4, -0.2) is 50.6 Å². The van der Waals surface area contributed by atoms with Gasteiger partial charge in [0.05, 0.1) is 12.0 Å². The molecule has 1 spiro atoms. The third-order valence-electron chi connectivity index (χ3n) is 9.67. The summed E-state index contributed by atoms with van der Waals surface area (Å²) in [5.41, 5.74) is -0.955. The van der Waals surface area contributed by atoms with E-state index in [-0.39, 0.29) is 29.0 Å². The maximum Gasteiger partial charge on any atom is 0.296 e. The molecule has 2 heterocycles. The van der Waals surface area contributed by atoms with E-state index in [1.165, 1.54) is 0 Å². The predicted molar refractivity (Wildman–Crippen MR) is 125 cm³/mol. The van der Waals surface area contributed by atoms with Crippen molar-refractivity contribution in [1.82, 2.24) is 9.55 Å². The number of hydrogen-bond acceptors (Lipinski definition) is 6. The standard InChI is InChI=1S/C27H36N2O5/c1-14-12-26-15(2)10-18-19(24(18,3)4)17(20(26)30)11-16-13-32-25(5,6)34-22(16)27(26,31)21(14)33-23-28-8-9-29(23)7/h8-9,11-12,15,17-19,21-22,31H,10,13H2,1-7H3/t15-,17+,18-,19?,21+,22-,26+,27-/m1/s1. The van der Waals surface area contributed by atoms with Crippen molar-refractivity contribution in [2.45, 2.75) is 71.6 Å². The molecule has 1 aliphatic heterocycles. The molecule has 4 aliphatic carbocycles. The Morgan fingerprint density at radius 2 is 2.00 bits per heavy atom. The summed E-state index contributed by atoms with van der Waals surface area (Å²) in [4.78, 5) is 19.0. The van der Waals surface area contributed by atoms with Gasteiger partial charge in [-0.25, -0.2) is 4.98 Å². The lowest BCUT2D eigenvalue weighted by atomic mass is 9.59. The molecule has 1 N–H and O–H groups in total. The van der Waals surface area contributed by atoms with Gasteiger partial charge in [-0.3, -0.25) is 4.79 Å². The number of fused-ring (bicyclic) bond motifs is 5. The predicted octanol–water partition coefficient (Wildman–Crippen LogP) is 3.43. The second-order valence-electron chi connectivity index (χ2n) is 12.3. The number of nitrogens with zero attached hydrogens (tertiary/aromatic N) is 2. The number of aryl methyl sites for hydroxylation is 1. The second-order valence-corrected chi connectivity index (χ2v) is 12.3. The lowest BCUT2D eigenvalue weighted by Gasteiger charge is -2.52. The Bertz CT molecular complexity index is 1130. The normalized spacial score (nSPS) is 45.7. The molecule has 3 fully saturated rings. The number of ketones is 1. The largest absolute Gasteiger partial charge is 0.454 e. The van der Waals surface area contributed by atoms with Crippen molar-refractivity contribution in [3.8, 4) is 6.01 Å². The van der Waals surface area contributed by atoms with Crippen LogP contribution in [0.3, 0.4) is 0 Å². The minimum absolute atomic E-state index is 0.0727.